The van der Waals surface area contributed by atoms with E-state index in [9.17, 15) is 30.6 Å². The van der Waals surface area contributed by atoms with Gasteiger partial charge in [-0.3, -0.25) is 0 Å². The average molecular weight is 251 g/mol. The van der Waals surface area contributed by atoms with Crippen LogP contribution in [0.5, 0.6) is 0 Å². The lowest BCUT2D eigenvalue weighted by Gasteiger charge is -2.27. The maximum Gasteiger partial charge on any atom is 0.430 e. The molecule has 0 aliphatic rings. The number of halogens is 7. The Labute approximate surface area is 75.1 Å². The highest BCUT2D eigenvalue weighted by atomic mass is 35.5. The minimum Gasteiger partial charge on any atom is -0.304 e. The van der Waals surface area contributed by atoms with Gasteiger partial charge in [0.2, 0.25) is 0 Å². The molecule has 0 aromatic heterocycles. The van der Waals surface area contributed by atoms with Gasteiger partial charge in [0.15, 0.2) is 11.1 Å². The fraction of sp³-hybridized carbons (Fsp3) is 1.00. The van der Waals surface area contributed by atoms with Crippen molar-refractivity contribution in [3.05, 3.63) is 0 Å². The van der Waals surface area contributed by atoms with Crippen LogP contribution >= 0.6 is 11.6 Å². The molecule has 0 aliphatic heterocycles. The third-order valence-electron chi connectivity index (χ3n) is 0.970. The van der Waals surface area contributed by atoms with Gasteiger partial charge >= 0.3 is 16.6 Å². The Morgan fingerprint density at radius 2 is 1.23 bits per heavy atom. The molecule has 0 aromatic rings. The Morgan fingerprint density at radius 1 is 1.00 bits per heavy atom. The third kappa shape index (κ3) is 2.08. The highest BCUT2D eigenvalue weighted by Gasteiger charge is 2.75. The van der Waals surface area contributed by atoms with E-state index >= 15 is 0 Å². The molecule has 0 fully saturated rings. The molecule has 80 valence electrons. The summed E-state index contributed by atoms with van der Waals surface area (Å²) >= 11 is -0.266. The van der Waals surface area contributed by atoms with Gasteiger partial charge < -0.3 is 4.55 Å². The normalized spacial score (nSPS) is 17.2. The molecule has 0 aromatic carbocycles. The van der Waals surface area contributed by atoms with Crippen LogP contribution in [0.1, 0.15) is 0 Å². The molecule has 0 radical (unpaired) electrons. The summed E-state index contributed by atoms with van der Waals surface area (Å²) in [5.74, 6) is 0. The van der Waals surface area contributed by atoms with Crippen molar-refractivity contribution >= 4 is 22.7 Å². The Morgan fingerprint density at radius 3 is 1.23 bits per heavy atom. The second-order valence-corrected chi connectivity index (χ2v) is 3.74. The number of hydrogen-bond acceptors (Lipinski definition) is 1. The van der Waals surface area contributed by atoms with Crippen molar-refractivity contribution in [3.8, 4) is 0 Å². The summed E-state index contributed by atoms with van der Waals surface area (Å²) in [4.78, 5) is 0. The zero-order valence-corrected chi connectivity index (χ0v) is 6.98. The van der Waals surface area contributed by atoms with Crippen LogP contribution < -0.4 is 0 Å². The fourth-order valence-electron chi connectivity index (χ4n) is 0.359. The summed E-state index contributed by atoms with van der Waals surface area (Å²) in [7, 11) is 0. The van der Waals surface area contributed by atoms with Gasteiger partial charge in [0.05, 0.1) is 0 Å². The Balaban J connectivity index is 5.35. The first kappa shape index (κ1) is 13.0. The maximum atomic E-state index is 11.6. The van der Waals surface area contributed by atoms with Crippen molar-refractivity contribution in [1.29, 1.82) is 0 Å². The van der Waals surface area contributed by atoms with E-state index in [-0.39, 0.29) is 0 Å². The SMILES string of the molecule is O=S(O)C(Cl)(C(F)(F)F)C(F)(F)F. The minimum absolute atomic E-state index is 4.03. The molecule has 0 saturated carbocycles. The van der Waals surface area contributed by atoms with E-state index in [0.717, 1.165) is 0 Å². The summed E-state index contributed by atoms with van der Waals surface area (Å²) in [6, 6.07) is 0. The predicted molar refractivity (Wildman–Crippen MR) is 31.5 cm³/mol. The topological polar surface area (TPSA) is 37.3 Å². The van der Waals surface area contributed by atoms with Crippen LogP contribution in [-0.2, 0) is 11.1 Å². The van der Waals surface area contributed by atoms with E-state index in [1.54, 1.807) is 0 Å². The molecule has 0 spiro atoms. The van der Waals surface area contributed by atoms with Gasteiger partial charge in [-0.05, 0) is 0 Å². The smallest absolute Gasteiger partial charge is 0.304 e. The van der Waals surface area contributed by atoms with Gasteiger partial charge in [-0.2, -0.15) is 26.3 Å². The lowest BCUT2D eigenvalue weighted by Crippen LogP contribution is -2.55. The van der Waals surface area contributed by atoms with Crippen molar-refractivity contribution in [3.63, 3.8) is 0 Å². The first-order valence-electron chi connectivity index (χ1n) is 2.38. The van der Waals surface area contributed by atoms with Crippen LogP contribution in [0.25, 0.3) is 0 Å². The molecule has 1 unspecified atom stereocenters. The number of hydrogen-bond donors (Lipinski definition) is 1. The number of alkyl halides is 7. The van der Waals surface area contributed by atoms with Crippen LogP contribution in [-0.4, -0.2) is 25.3 Å². The molecule has 0 bridgehead atoms. The van der Waals surface area contributed by atoms with E-state index < -0.39 is 27.6 Å². The largest absolute Gasteiger partial charge is 0.430 e. The second-order valence-electron chi connectivity index (χ2n) is 1.84. The van der Waals surface area contributed by atoms with Crippen molar-refractivity contribution in [2.24, 2.45) is 0 Å². The number of rotatable bonds is 1. The summed E-state index contributed by atoms with van der Waals surface area (Å²) in [5, 5.41) is 0. The summed E-state index contributed by atoms with van der Waals surface area (Å²) in [6.45, 7) is 0. The van der Waals surface area contributed by atoms with Crippen LogP contribution in [0.3, 0.4) is 0 Å². The molecule has 0 rings (SSSR count). The highest BCUT2D eigenvalue weighted by molar-refractivity contribution is 7.82. The highest BCUT2D eigenvalue weighted by Crippen LogP contribution is 2.49. The average Bonchev–Trinajstić information content (AvgIpc) is 1.80. The van der Waals surface area contributed by atoms with Gasteiger partial charge in [0, 0.05) is 0 Å². The minimum atomic E-state index is -6.05. The zero-order valence-electron chi connectivity index (χ0n) is 5.41. The zero-order chi connectivity index (χ0) is 11.1. The quantitative estimate of drug-likeness (QED) is 0.440. The molecule has 1 N–H and O–H groups in total. The Kier molecular flexibility index (Phi) is 3.28. The van der Waals surface area contributed by atoms with E-state index in [2.05, 4.69) is 11.6 Å². The fourth-order valence-corrected chi connectivity index (χ4v) is 0.755. The van der Waals surface area contributed by atoms with E-state index in [1.165, 1.54) is 0 Å². The molecule has 2 nitrogen and oxygen atoms in total. The van der Waals surface area contributed by atoms with Gasteiger partial charge in [-0.15, -0.1) is 0 Å². The van der Waals surface area contributed by atoms with E-state index in [4.69, 9.17) is 4.55 Å². The van der Waals surface area contributed by atoms with Gasteiger partial charge in [-0.25, -0.2) is 4.21 Å². The summed E-state index contributed by atoms with van der Waals surface area (Å²) < 4.78 is 82.4. The van der Waals surface area contributed by atoms with Crippen molar-refractivity contribution < 1.29 is 35.1 Å². The third-order valence-corrected chi connectivity index (χ3v) is 2.74. The van der Waals surface area contributed by atoms with Gasteiger partial charge in [0.25, 0.3) is 0 Å². The summed E-state index contributed by atoms with van der Waals surface area (Å²) in [6.07, 6.45) is -12.1. The van der Waals surface area contributed by atoms with Crippen molar-refractivity contribution in [2.75, 3.05) is 0 Å². The van der Waals surface area contributed by atoms with Gasteiger partial charge in [0.1, 0.15) is 0 Å². The van der Waals surface area contributed by atoms with Crippen LogP contribution in [0.15, 0.2) is 0 Å². The van der Waals surface area contributed by atoms with Crippen molar-refractivity contribution in [2.45, 2.75) is 16.6 Å². The first-order chi connectivity index (χ1) is 5.44. The second kappa shape index (κ2) is 3.28. The standard InChI is InChI=1S/C3HClF6O2S/c4-1(13(11)12,2(5,6)7)3(8,9)10/h(H,11,12). The molecule has 0 saturated heterocycles. The van der Waals surface area contributed by atoms with Crippen molar-refractivity contribution in [1.82, 2.24) is 0 Å². The Hall–Kier alpha value is -0.0200. The molecule has 0 heterocycles. The van der Waals surface area contributed by atoms with E-state index in [1.807, 2.05) is 0 Å². The Bertz CT molecular complexity index is 207. The summed E-state index contributed by atoms with van der Waals surface area (Å²) in [5.41, 5.74) is 0. The molecular weight excluding hydrogens is 250 g/mol. The monoisotopic (exact) mass is 250 g/mol. The van der Waals surface area contributed by atoms with Gasteiger partial charge in [-0.1, -0.05) is 11.6 Å². The van der Waals surface area contributed by atoms with Crippen LogP contribution in [0, 0.1) is 0 Å². The first-order valence-corrected chi connectivity index (χ1v) is 3.86. The van der Waals surface area contributed by atoms with Crippen LogP contribution in [0.2, 0.25) is 0 Å². The molecule has 10 heteroatoms. The van der Waals surface area contributed by atoms with E-state index in [0.29, 0.717) is 0 Å². The lowest BCUT2D eigenvalue weighted by molar-refractivity contribution is -0.241. The molecule has 0 amide bonds. The molecule has 1 atom stereocenters. The maximum absolute atomic E-state index is 11.6. The van der Waals surface area contributed by atoms with Crippen LogP contribution in [0.4, 0.5) is 26.3 Å². The molecular formula is C3HClF6O2S. The predicted octanol–water partition coefficient (Wildman–Crippen LogP) is 2.27. The molecule has 13 heavy (non-hydrogen) atoms. The molecule has 0 aliphatic carbocycles. The lowest BCUT2D eigenvalue weighted by atomic mass is 10.4.